The highest BCUT2D eigenvalue weighted by Crippen LogP contribution is 2.42. The molecule has 0 unspecified atom stereocenters. The number of nitrogens with zero attached hydrogens (tertiary/aromatic N) is 8. The number of fused-ring (bicyclic) bond motifs is 6. The molecule has 340 valence electrons. The van der Waals surface area contributed by atoms with Crippen molar-refractivity contribution in [1.29, 1.82) is 0 Å². The second-order valence-corrected chi connectivity index (χ2v) is 20.3. The van der Waals surface area contributed by atoms with Gasteiger partial charge in [-0.05, 0) is 57.1 Å². The van der Waals surface area contributed by atoms with E-state index in [0.717, 1.165) is 31.6 Å². The number of morpholine rings is 2. The van der Waals surface area contributed by atoms with E-state index >= 15 is 0 Å². The Bertz CT molecular complexity index is 2850. The first kappa shape index (κ1) is 45.1. The summed E-state index contributed by atoms with van der Waals surface area (Å²) in [5.74, 6) is -0.555. The molecule has 2 aromatic carbocycles. The summed E-state index contributed by atoms with van der Waals surface area (Å²) < 4.78 is 67.7. The van der Waals surface area contributed by atoms with Crippen molar-refractivity contribution in [1.82, 2.24) is 38.8 Å². The molecule has 0 N–H and O–H groups in total. The maximum atomic E-state index is 13.3. The molecule has 5 aliphatic heterocycles. The van der Waals surface area contributed by atoms with Crippen LogP contribution in [0.5, 0.6) is 0 Å². The van der Waals surface area contributed by atoms with E-state index in [2.05, 4.69) is 17.0 Å². The second-order valence-electron chi connectivity index (χ2n) is 16.3. The van der Waals surface area contributed by atoms with E-state index in [9.17, 15) is 31.2 Å². The highest BCUT2D eigenvalue weighted by molar-refractivity contribution is 7.91. The van der Waals surface area contributed by atoms with Gasteiger partial charge in [0.2, 0.25) is 5.56 Å². The Morgan fingerprint density at radius 2 is 1.14 bits per heavy atom. The quantitative estimate of drug-likeness (QED) is 0.249. The first-order valence-electron chi connectivity index (χ1n) is 21.8. The van der Waals surface area contributed by atoms with Gasteiger partial charge < -0.3 is 28.7 Å². The molecule has 0 bridgehead atoms. The average molecular weight is 915 g/mol. The molecule has 5 aromatic rings. The number of hydrogen-bond acceptors (Lipinski definition) is 12. The van der Waals surface area contributed by atoms with Crippen LogP contribution in [0.3, 0.4) is 0 Å². The summed E-state index contributed by atoms with van der Waals surface area (Å²) in [6.07, 6.45) is 3.75. The molecule has 2 amide bonds. The standard InChI is InChI=1S/C22H28N4O4S.C21H20N4O5S.C2H6/c1-24-8-6-16(7-9-24)14-26-21-17-4-2-3-5-19(17)31(28,29)15-18(21)20(23-26)22(27)25-10-12-30-13-11-25;1-23-12-14(6-7-18(23)26)25-20-15-4-2-3-5-17(15)31(28,29)13-16(20)19(22-25)21(27)24-8-10-30-11-9-24;1-2/h2-5,16H,6-15H2,1H3;2-7,12H,8-11,13H2,1H3;1-2H3. The first-order chi connectivity index (χ1) is 30.8. The van der Waals surface area contributed by atoms with Crippen molar-refractivity contribution < 1.29 is 35.9 Å². The zero-order valence-corrected chi connectivity index (χ0v) is 38.2. The van der Waals surface area contributed by atoms with E-state index < -0.39 is 19.7 Å². The molecule has 8 heterocycles. The number of likely N-dealkylation sites (tertiary alicyclic amines) is 1. The van der Waals surface area contributed by atoms with Gasteiger partial charge in [-0.25, -0.2) is 21.5 Å². The van der Waals surface area contributed by atoms with E-state index in [1.165, 1.54) is 10.6 Å². The number of hydrogen-bond donors (Lipinski definition) is 0. The molecule has 3 saturated heterocycles. The molecule has 0 saturated carbocycles. The summed E-state index contributed by atoms with van der Waals surface area (Å²) in [4.78, 5) is 44.7. The summed E-state index contributed by atoms with van der Waals surface area (Å²) in [5.41, 5.74) is 4.20. The smallest absolute Gasteiger partial charge is 0.274 e. The van der Waals surface area contributed by atoms with Crippen LogP contribution in [-0.2, 0) is 54.2 Å². The Hall–Kier alpha value is -5.47. The van der Waals surface area contributed by atoms with Gasteiger partial charge in [-0.2, -0.15) is 10.2 Å². The number of pyridine rings is 1. The number of aryl methyl sites for hydroxylation is 1. The largest absolute Gasteiger partial charge is 0.378 e. The van der Waals surface area contributed by atoms with Crippen molar-refractivity contribution in [3.63, 3.8) is 0 Å². The maximum absolute atomic E-state index is 13.3. The van der Waals surface area contributed by atoms with E-state index in [4.69, 9.17) is 14.6 Å². The van der Waals surface area contributed by atoms with Gasteiger partial charge in [0.1, 0.15) is 0 Å². The number of carbonyl (C=O) groups excluding carboxylic acids is 2. The molecular formula is C45H54N8O9S2. The predicted molar refractivity (Wildman–Crippen MR) is 239 cm³/mol. The van der Waals surface area contributed by atoms with Gasteiger partial charge in [0.05, 0.1) is 64.8 Å². The Morgan fingerprint density at radius 3 is 1.67 bits per heavy atom. The highest BCUT2D eigenvalue weighted by Gasteiger charge is 2.39. The zero-order chi connectivity index (χ0) is 45.3. The van der Waals surface area contributed by atoms with Crippen LogP contribution in [0.2, 0.25) is 0 Å². The van der Waals surface area contributed by atoms with Gasteiger partial charge >= 0.3 is 0 Å². The summed E-state index contributed by atoms with van der Waals surface area (Å²) >= 11 is 0. The normalized spacial score (nSPS) is 18.8. The lowest BCUT2D eigenvalue weighted by Gasteiger charge is -2.29. The van der Waals surface area contributed by atoms with Crippen LogP contribution in [0, 0.1) is 5.92 Å². The molecule has 0 atom stereocenters. The van der Waals surface area contributed by atoms with Crippen molar-refractivity contribution in [2.45, 2.75) is 54.5 Å². The molecule has 19 heteroatoms. The second kappa shape index (κ2) is 18.6. The van der Waals surface area contributed by atoms with Gasteiger partial charge in [-0.1, -0.05) is 50.2 Å². The molecule has 0 aliphatic carbocycles. The molecule has 3 aromatic heterocycles. The van der Waals surface area contributed by atoms with E-state index in [0.29, 0.717) is 104 Å². The van der Waals surface area contributed by atoms with Crippen LogP contribution >= 0.6 is 0 Å². The summed E-state index contributed by atoms with van der Waals surface area (Å²) in [6, 6.07) is 16.8. The van der Waals surface area contributed by atoms with Crippen molar-refractivity contribution in [2.24, 2.45) is 13.0 Å². The average Bonchev–Trinajstić information content (AvgIpc) is 3.86. The lowest BCUT2D eigenvalue weighted by molar-refractivity contribution is 0.0296. The van der Waals surface area contributed by atoms with Crippen LogP contribution in [0.15, 0.2) is 81.4 Å². The van der Waals surface area contributed by atoms with Crippen molar-refractivity contribution in [2.75, 3.05) is 72.7 Å². The molecule has 0 spiro atoms. The molecular weight excluding hydrogens is 861 g/mol. The monoisotopic (exact) mass is 914 g/mol. The third kappa shape index (κ3) is 8.70. The Kier molecular flexibility index (Phi) is 13.1. The molecule has 10 rings (SSSR count). The fourth-order valence-electron chi connectivity index (χ4n) is 8.89. The minimum Gasteiger partial charge on any atom is -0.378 e. The van der Waals surface area contributed by atoms with Gasteiger partial charge in [-0.15, -0.1) is 0 Å². The number of aromatic nitrogens is 5. The third-order valence-corrected chi connectivity index (χ3v) is 15.6. The fraction of sp³-hybridized carbons (Fsp3) is 0.444. The number of rotatable bonds is 5. The molecule has 17 nitrogen and oxygen atoms in total. The van der Waals surface area contributed by atoms with Crippen molar-refractivity contribution >= 4 is 31.5 Å². The van der Waals surface area contributed by atoms with Crippen LogP contribution in [0.4, 0.5) is 0 Å². The number of amides is 2. The first-order valence-corrected chi connectivity index (χ1v) is 25.1. The SMILES string of the molecule is CC.CN1CCC(Cn2nc(C(=O)N3CCOCC3)c3c2-c2ccccc2S(=O)(=O)C3)CC1.Cn1cc(-n2nc(C(=O)N3CCOCC3)c3c2-c2ccccc2S(=O)(=O)C3)ccc1=O. The Morgan fingerprint density at radius 1 is 0.656 bits per heavy atom. The van der Waals surface area contributed by atoms with Crippen molar-refractivity contribution in [3.05, 3.63) is 99.7 Å². The molecule has 5 aliphatic rings. The van der Waals surface area contributed by atoms with Crippen LogP contribution in [-0.4, -0.2) is 140 Å². The van der Waals surface area contributed by atoms with E-state index in [1.807, 2.05) is 30.7 Å². The van der Waals surface area contributed by atoms with Gasteiger partial charge in [-0.3, -0.25) is 19.1 Å². The maximum Gasteiger partial charge on any atom is 0.274 e. The summed E-state index contributed by atoms with van der Waals surface area (Å²) in [6.45, 7) is 10.5. The minimum absolute atomic E-state index is 0.115. The Balaban J connectivity index is 0.000000169. The molecule has 3 fully saturated rings. The Labute approximate surface area is 373 Å². The fourth-order valence-corrected chi connectivity index (χ4v) is 12.1. The van der Waals surface area contributed by atoms with Crippen LogP contribution in [0.1, 0.15) is 58.8 Å². The number of ether oxygens (including phenoxy) is 2. The van der Waals surface area contributed by atoms with Gasteiger partial charge in [0.15, 0.2) is 31.1 Å². The lowest BCUT2D eigenvalue weighted by Crippen LogP contribution is -2.41. The predicted octanol–water partition coefficient (Wildman–Crippen LogP) is 3.68. The number of sulfone groups is 2. The van der Waals surface area contributed by atoms with Gasteiger partial charge in [0, 0.05) is 74.3 Å². The topological polar surface area (TPSA) is 188 Å². The summed E-state index contributed by atoms with van der Waals surface area (Å²) in [5, 5.41) is 9.33. The summed E-state index contributed by atoms with van der Waals surface area (Å²) in [7, 11) is -3.40. The van der Waals surface area contributed by atoms with Crippen molar-refractivity contribution in [3.8, 4) is 28.2 Å². The van der Waals surface area contributed by atoms with E-state index in [1.54, 1.807) is 70.2 Å². The number of carbonyl (C=O) groups is 2. The minimum atomic E-state index is -3.63. The number of benzene rings is 2. The molecule has 0 radical (unpaired) electrons. The van der Waals surface area contributed by atoms with Crippen LogP contribution < -0.4 is 5.56 Å². The molecule has 64 heavy (non-hydrogen) atoms. The highest BCUT2D eigenvalue weighted by atomic mass is 32.2. The van der Waals surface area contributed by atoms with E-state index in [-0.39, 0.29) is 45.2 Å². The third-order valence-electron chi connectivity index (χ3n) is 12.2. The number of piperidine rings is 1. The lowest BCUT2D eigenvalue weighted by atomic mass is 9.97. The van der Waals surface area contributed by atoms with Gasteiger partial charge in [0.25, 0.3) is 11.8 Å². The zero-order valence-electron chi connectivity index (χ0n) is 36.6. The van der Waals surface area contributed by atoms with Crippen LogP contribution in [0.25, 0.3) is 28.2 Å².